The Morgan fingerprint density at radius 3 is 1.54 bits per heavy atom. The maximum Gasteiger partial charge on any atom is 0.460 e. The van der Waals surface area contributed by atoms with Gasteiger partial charge in [0.1, 0.15) is 6.61 Å². The molecule has 1 fully saturated rings. The lowest BCUT2D eigenvalue weighted by atomic mass is 9.94. The largest absolute Gasteiger partial charge is 0.460 e. The summed E-state index contributed by atoms with van der Waals surface area (Å²) < 4.78 is 173. The lowest BCUT2D eigenvalue weighted by Gasteiger charge is -2.39. The van der Waals surface area contributed by atoms with Crippen LogP contribution in [0, 0.1) is 11.8 Å². The second-order valence-electron chi connectivity index (χ2n) is 6.63. The summed E-state index contributed by atoms with van der Waals surface area (Å²) >= 11 is 0. The third kappa shape index (κ3) is 3.15. The van der Waals surface area contributed by atoms with Crippen LogP contribution in [0.4, 0.5) is 57.1 Å². The average molecular weight is 442 g/mol. The number of fused-ring (bicyclic) bond motifs is 2. The predicted molar refractivity (Wildman–Crippen MR) is 65.9 cm³/mol. The number of alkyl halides is 13. The van der Waals surface area contributed by atoms with Gasteiger partial charge in [-0.05, 0) is 18.8 Å². The Hall–Kier alpha value is -1.21. The molecule has 0 heterocycles. The van der Waals surface area contributed by atoms with E-state index in [9.17, 15) is 57.1 Å². The number of hydrogen-bond acceptors (Lipinski definition) is 1. The molecule has 0 radical (unpaired) electrons. The second-order valence-corrected chi connectivity index (χ2v) is 6.63. The topological polar surface area (TPSA) is 9.23 Å². The van der Waals surface area contributed by atoms with Gasteiger partial charge >= 0.3 is 35.8 Å². The summed E-state index contributed by atoms with van der Waals surface area (Å²) in [6, 6.07) is 0. The Bertz CT molecular complexity index is 621. The molecule has 0 spiro atoms. The van der Waals surface area contributed by atoms with Gasteiger partial charge in [0.15, 0.2) is 0 Å². The van der Waals surface area contributed by atoms with Crippen molar-refractivity contribution in [1.29, 1.82) is 0 Å². The van der Waals surface area contributed by atoms with Crippen molar-refractivity contribution in [3.8, 4) is 0 Å². The SMILES string of the molecule is FC(F)(F)C(F)(F)C(F)(F)C(F)(F)C(F)(F)C(F)(F)COC1CC2C=CC1C2. The highest BCUT2D eigenvalue weighted by atomic mass is 19.4. The van der Waals surface area contributed by atoms with Crippen LogP contribution in [-0.4, -0.2) is 48.5 Å². The number of rotatable bonds is 7. The quantitative estimate of drug-likeness (QED) is 0.363. The summed E-state index contributed by atoms with van der Waals surface area (Å²) in [7, 11) is 0. The van der Waals surface area contributed by atoms with Crippen LogP contribution in [-0.2, 0) is 4.74 Å². The fraction of sp³-hybridized carbons (Fsp3) is 0.857. The van der Waals surface area contributed by atoms with Crippen molar-refractivity contribution in [3.63, 3.8) is 0 Å². The molecule has 0 aromatic carbocycles. The van der Waals surface area contributed by atoms with Crippen LogP contribution in [0.2, 0.25) is 0 Å². The number of allylic oxidation sites excluding steroid dienone is 1. The van der Waals surface area contributed by atoms with Gasteiger partial charge in [0, 0.05) is 5.92 Å². The van der Waals surface area contributed by atoms with Crippen LogP contribution < -0.4 is 0 Å². The van der Waals surface area contributed by atoms with E-state index in [4.69, 9.17) is 0 Å². The highest BCUT2D eigenvalue weighted by Gasteiger charge is 2.90. The van der Waals surface area contributed by atoms with Gasteiger partial charge in [-0.2, -0.15) is 57.1 Å². The minimum absolute atomic E-state index is 0.0432. The molecule has 0 aromatic heterocycles. The summed E-state index contributed by atoms with van der Waals surface area (Å²) in [6.45, 7) is -2.58. The zero-order chi connectivity index (χ0) is 22.0. The van der Waals surface area contributed by atoms with Crippen LogP contribution in [0.25, 0.3) is 0 Å². The molecule has 2 aliphatic carbocycles. The van der Waals surface area contributed by atoms with Gasteiger partial charge in [0.2, 0.25) is 0 Å². The van der Waals surface area contributed by atoms with E-state index in [-0.39, 0.29) is 12.3 Å². The van der Waals surface area contributed by atoms with E-state index in [2.05, 4.69) is 4.74 Å². The lowest BCUT2D eigenvalue weighted by molar-refractivity contribution is -0.441. The molecule has 1 saturated carbocycles. The summed E-state index contributed by atoms with van der Waals surface area (Å²) in [5, 5.41) is 0. The Kier molecular flexibility index (Phi) is 5.27. The van der Waals surface area contributed by atoms with Gasteiger partial charge in [-0.15, -0.1) is 0 Å². The zero-order valence-corrected chi connectivity index (χ0v) is 13.3. The monoisotopic (exact) mass is 442 g/mol. The molecule has 2 rings (SSSR count). The Morgan fingerprint density at radius 2 is 1.14 bits per heavy atom. The van der Waals surface area contributed by atoms with Crippen molar-refractivity contribution in [2.45, 2.75) is 54.7 Å². The number of halogens is 13. The lowest BCUT2D eigenvalue weighted by Crippen LogP contribution is -2.70. The van der Waals surface area contributed by atoms with Gasteiger partial charge < -0.3 is 4.74 Å². The normalized spacial score (nSPS) is 27.0. The fourth-order valence-corrected chi connectivity index (χ4v) is 3.03. The molecule has 3 atom stereocenters. The molecule has 0 aliphatic heterocycles. The van der Waals surface area contributed by atoms with E-state index in [1.54, 1.807) is 6.08 Å². The van der Waals surface area contributed by atoms with Gasteiger partial charge in [-0.1, -0.05) is 12.2 Å². The fourth-order valence-electron chi connectivity index (χ4n) is 3.03. The molecule has 2 bridgehead atoms. The highest BCUT2D eigenvalue weighted by Crippen LogP contribution is 2.60. The van der Waals surface area contributed by atoms with Crippen LogP contribution in [0.15, 0.2) is 12.2 Å². The van der Waals surface area contributed by atoms with Crippen molar-refractivity contribution in [1.82, 2.24) is 0 Å². The Balaban J connectivity index is 2.24. The predicted octanol–water partition coefficient (Wildman–Crippen LogP) is 5.71. The van der Waals surface area contributed by atoms with Gasteiger partial charge in [0.05, 0.1) is 6.10 Å². The average Bonchev–Trinajstić information content (AvgIpc) is 3.13. The third-order valence-electron chi connectivity index (χ3n) is 4.70. The van der Waals surface area contributed by atoms with Crippen molar-refractivity contribution in [2.75, 3.05) is 6.61 Å². The van der Waals surface area contributed by atoms with E-state index < -0.39 is 54.4 Å². The molecular formula is C14H11F13O. The molecule has 0 saturated heterocycles. The minimum Gasteiger partial charge on any atom is -0.371 e. The molecule has 0 aromatic rings. The first-order valence-electron chi connectivity index (χ1n) is 7.55. The van der Waals surface area contributed by atoms with Crippen molar-refractivity contribution in [2.24, 2.45) is 11.8 Å². The minimum atomic E-state index is -7.87. The van der Waals surface area contributed by atoms with E-state index in [0.29, 0.717) is 6.42 Å². The molecule has 28 heavy (non-hydrogen) atoms. The summed E-state index contributed by atoms with van der Waals surface area (Å²) in [6.07, 6.45) is -4.98. The first-order valence-corrected chi connectivity index (χ1v) is 7.55. The Labute approximate surface area is 148 Å². The highest BCUT2D eigenvalue weighted by molar-refractivity contribution is 5.12. The van der Waals surface area contributed by atoms with Gasteiger partial charge in [0.25, 0.3) is 0 Å². The van der Waals surface area contributed by atoms with Crippen LogP contribution >= 0.6 is 0 Å². The molecule has 14 heteroatoms. The third-order valence-corrected chi connectivity index (χ3v) is 4.70. The molecule has 0 amide bonds. The van der Waals surface area contributed by atoms with E-state index in [0.717, 1.165) is 0 Å². The van der Waals surface area contributed by atoms with Crippen LogP contribution in [0.1, 0.15) is 12.8 Å². The van der Waals surface area contributed by atoms with E-state index in [1.807, 2.05) is 0 Å². The molecular weight excluding hydrogens is 431 g/mol. The Morgan fingerprint density at radius 1 is 0.643 bits per heavy atom. The molecule has 0 N–H and O–H groups in total. The standard InChI is InChI=1S/C14H11F13O/c15-9(16,5-28-8-4-6-1-2-7(8)3-6)10(17,18)11(19,20)12(21,22)13(23,24)14(25,26)27/h1-2,6-8H,3-5H2. The molecule has 1 nitrogen and oxygen atoms in total. The molecule has 164 valence electrons. The first-order chi connectivity index (χ1) is 12.3. The summed E-state index contributed by atoms with van der Waals surface area (Å²) in [4.78, 5) is 0. The zero-order valence-electron chi connectivity index (χ0n) is 13.3. The summed E-state index contributed by atoms with van der Waals surface area (Å²) in [5.41, 5.74) is 0. The van der Waals surface area contributed by atoms with Gasteiger partial charge in [-0.25, -0.2) is 0 Å². The summed E-state index contributed by atoms with van der Waals surface area (Å²) in [5.74, 6) is -37.5. The molecule has 3 unspecified atom stereocenters. The van der Waals surface area contributed by atoms with Crippen molar-refractivity contribution >= 4 is 0 Å². The number of hydrogen-bond donors (Lipinski definition) is 0. The first kappa shape index (κ1) is 23.1. The van der Waals surface area contributed by atoms with Crippen LogP contribution in [0.3, 0.4) is 0 Å². The maximum absolute atomic E-state index is 13.6. The maximum atomic E-state index is 13.6. The second kappa shape index (κ2) is 6.39. The number of ether oxygens (including phenoxy) is 1. The van der Waals surface area contributed by atoms with Crippen LogP contribution in [0.5, 0.6) is 0 Å². The van der Waals surface area contributed by atoms with Crippen molar-refractivity contribution < 1.29 is 61.8 Å². The molecule has 2 aliphatic rings. The van der Waals surface area contributed by atoms with Gasteiger partial charge in [-0.3, -0.25) is 0 Å². The van der Waals surface area contributed by atoms with E-state index in [1.165, 1.54) is 6.08 Å². The van der Waals surface area contributed by atoms with E-state index >= 15 is 0 Å². The smallest absolute Gasteiger partial charge is 0.371 e. The van der Waals surface area contributed by atoms with Crippen molar-refractivity contribution in [3.05, 3.63) is 12.2 Å².